The van der Waals surface area contributed by atoms with E-state index >= 15 is 0 Å². The molecule has 0 amide bonds. The van der Waals surface area contributed by atoms with Gasteiger partial charge in [0.05, 0.1) is 6.10 Å². The molecule has 2 N–H and O–H groups in total. The molecule has 1 aromatic rings. The molecule has 1 unspecified atom stereocenters. The molecule has 3 heteroatoms. The van der Waals surface area contributed by atoms with Crippen LogP contribution in [0.25, 0.3) is 0 Å². The van der Waals surface area contributed by atoms with Crippen molar-refractivity contribution in [1.82, 2.24) is 10.2 Å². The van der Waals surface area contributed by atoms with Crippen molar-refractivity contribution < 1.29 is 5.11 Å². The quantitative estimate of drug-likeness (QED) is 0.784. The fourth-order valence-corrected chi connectivity index (χ4v) is 2.82. The summed E-state index contributed by atoms with van der Waals surface area (Å²) in [7, 11) is 0. The van der Waals surface area contributed by atoms with Crippen LogP contribution in [0.5, 0.6) is 0 Å². The predicted molar refractivity (Wildman–Crippen MR) is 83.9 cm³/mol. The van der Waals surface area contributed by atoms with Gasteiger partial charge in [0.25, 0.3) is 0 Å². The van der Waals surface area contributed by atoms with Gasteiger partial charge in [-0.25, -0.2) is 0 Å². The molecule has 0 aromatic heterocycles. The van der Waals surface area contributed by atoms with E-state index in [0.717, 1.165) is 39.0 Å². The lowest BCUT2D eigenvalue weighted by molar-refractivity contribution is 0.0820. The highest BCUT2D eigenvalue weighted by Gasteiger charge is 2.16. The van der Waals surface area contributed by atoms with Crippen LogP contribution in [0.2, 0.25) is 0 Å². The summed E-state index contributed by atoms with van der Waals surface area (Å²) in [6.07, 6.45) is 2.98. The molecule has 1 heterocycles. The van der Waals surface area contributed by atoms with Crippen molar-refractivity contribution in [2.24, 2.45) is 0 Å². The first kappa shape index (κ1) is 15.5. The molecule has 1 aliphatic rings. The van der Waals surface area contributed by atoms with Gasteiger partial charge >= 0.3 is 0 Å². The molecule has 0 aliphatic carbocycles. The molecule has 0 bridgehead atoms. The van der Waals surface area contributed by atoms with Gasteiger partial charge in [-0.2, -0.15) is 0 Å². The third-order valence-electron chi connectivity index (χ3n) is 4.20. The van der Waals surface area contributed by atoms with E-state index in [0.29, 0.717) is 6.04 Å². The van der Waals surface area contributed by atoms with Gasteiger partial charge in [0.15, 0.2) is 0 Å². The molecule has 3 nitrogen and oxygen atoms in total. The minimum atomic E-state index is -0.0642. The number of hydrogen-bond acceptors (Lipinski definition) is 3. The second-order valence-corrected chi connectivity index (χ2v) is 6.02. The van der Waals surface area contributed by atoms with E-state index in [1.807, 2.05) is 0 Å². The van der Waals surface area contributed by atoms with E-state index in [1.54, 1.807) is 0 Å². The van der Waals surface area contributed by atoms with Gasteiger partial charge in [0.2, 0.25) is 0 Å². The standard InChI is InChI=1S/C17H28N2O/c1-14-5-3-6-16(13-14)15(2)18-9-4-10-19-11-7-17(20)8-12-19/h3,5-6,13,15,17-18,20H,4,7-12H2,1-2H3. The van der Waals surface area contributed by atoms with Crippen LogP contribution < -0.4 is 5.32 Å². The molecule has 2 rings (SSSR count). The first-order valence-electron chi connectivity index (χ1n) is 7.85. The number of aryl methyl sites for hydroxylation is 1. The van der Waals surface area contributed by atoms with Crippen LogP contribution in [-0.4, -0.2) is 42.3 Å². The van der Waals surface area contributed by atoms with Gasteiger partial charge in [0.1, 0.15) is 0 Å². The van der Waals surface area contributed by atoms with Gasteiger partial charge in [-0.05, 0) is 51.8 Å². The molecular weight excluding hydrogens is 248 g/mol. The van der Waals surface area contributed by atoms with E-state index < -0.39 is 0 Å². The van der Waals surface area contributed by atoms with Crippen LogP contribution >= 0.6 is 0 Å². The molecule has 1 atom stereocenters. The van der Waals surface area contributed by atoms with Gasteiger partial charge in [-0.3, -0.25) is 0 Å². The van der Waals surface area contributed by atoms with Crippen molar-refractivity contribution >= 4 is 0 Å². The zero-order valence-corrected chi connectivity index (χ0v) is 12.8. The molecule has 1 saturated heterocycles. The Hall–Kier alpha value is -0.900. The topological polar surface area (TPSA) is 35.5 Å². The number of likely N-dealkylation sites (tertiary alicyclic amines) is 1. The van der Waals surface area contributed by atoms with Gasteiger partial charge < -0.3 is 15.3 Å². The Morgan fingerprint density at radius 1 is 1.35 bits per heavy atom. The number of rotatable bonds is 6. The van der Waals surface area contributed by atoms with Gasteiger partial charge in [0, 0.05) is 19.1 Å². The lowest BCUT2D eigenvalue weighted by Gasteiger charge is -2.29. The molecular formula is C17H28N2O. The van der Waals surface area contributed by atoms with Crippen molar-refractivity contribution in [3.05, 3.63) is 35.4 Å². The Bertz CT molecular complexity index is 400. The summed E-state index contributed by atoms with van der Waals surface area (Å²) in [5.41, 5.74) is 2.69. The Morgan fingerprint density at radius 2 is 2.10 bits per heavy atom. The summed E-state index contributed by atoms with van der Waals surface area (Å²) in [4.78, 5) is 2.46. The van der Waals surface area contributed by atoms with Crippen LogP contribution in [0.15, 0.2) is 24.3 Å². The molecule has 0 spiro atoms. The summed E-state index contributed by atoms with van der Waals surface area (Å²) >= 11 is 0. The van der Waals surface area contributed by atoms with Crippen molar-refractivity contribution in [2.45, 2.75) is 45.3 Å². The number of aliphatic hydroxyl groups excluding tert-OH is 1. The van der Waals surface area contributed by atoms with Crippen LogP contribution in [0, 0.1) is 6.92 Å². The smallest absolute Gasteiger partial charge is 0.0564 e. The molecule has 0 radical (unpaired) electrons. The Kier molecular flexibility index (Phi) is 6.02. The van der Waals surface area contributed by atoms with Crippen molar-refractivity contribution in [3.8, 4) is 0 Å². The van der Waals surface area contributed by atoms with Crippen LogP contribution in [-0.2, 0) is 0 Å². The maximum absolute atomic E-state index is 9.48. The monoisotopic (exact) mass is 276 g/mol. The lowest BCUT2D eigenvalue weighted by Crippen LogP contribution is -2.37. The van der Waals surface area contributed by atoms with E-state index in [9.17, 15) is 5.11 Å². The average Bonchev–Trinajstić information content (AvgIpc) is 2.45. The zero-order valence-electron chi connectivity index (χ0n) is 12.8. The van der Waals surface area contributed by atoms with Crippen LogP contribution in [0.3, 0.4) is 0 Å². The van der Waals surface area contributed by atoms with Crippen LogP contribution in [0.1, 0.15) is 43.4 Å². The summed E-state index contributed by atoms with van der Waals surface area (Å²) in [6, 6.07) is 9.13. The van der Waals surface area contributed by atoms with E-state index in [-0.39, 0.29) is 6.10 Å². The maximum Gasteiger partial charge on any atom is 0.0564 e. The van der Waals surface area contributed by atoms with Crippen molar-refractivity contribution in [3.63, 3.8) is 0 Å². The third-order valence-corrected chi connectivity index (χ3v) is 4.20. The first-order valence-corrected chi connectivity index (χ1v) is 7.85. The number of nitrogens with one attached hydrogen (secondary N) is 1. The summed E-state index contributed by atoms with van der Waals surface area (Å²) in [6.45, 7) is 8.66. The Labute approximate surface area is 123 Å². The highest BCUT2D eigenvalue weighted by atomic mass is 16.3. The number of hydrogen-bond donors (Lipinski definition) is 2. The summed E-state index contributed by atoms with van der Waals surface area (Å²) in [5.74, 6) is 0. The number of aliphatic hydroxyl groups is 1. The maximum atomic E-state index is 9.48. The number of nitrogens with zero attached hydrogens (tertiary/aromatic N) is 1. The molecule has 112 valence electrons. The molecule has 1 aromatic carbocycles. The SMILES string of the molecule is Cc1cccc(C(C)NCCCN2CCC(O)CC2)c1. The predicted octanol–water partition coefficient (Wildman–Crippen LogP) is 2.49. The van der Waals surface area contributed by atoms with Crippen molar-refractivity contribution in [2.75, 3.05) is 26.2 Å². The fourth-order valence-electron chi connectivity index (χ4n) is 2.82. The van der Waals surface area contributed by atoms with Gasteiger partial charge in [-0.15, -0.1) is 0 Å². The highest BCUT2D eigenvalue weighted by molar-refractivity contribution is 5.24. The minimum absolute atomic E-state index is 0.0642. The van der Waals surface area contributed by atoms with Gasteiger partial charge in [-0.1, -0.05) is 29.8 Å². The number of benzene rings is 1. The average molecular weight is 276 g/mol. The fraction of sp³-hybridized carbons (Fsp3) is 0.647. The molecule has 20 heavy (non-hydrogen) atoms. The minimum Gasteiger partial charge on any atom is -0.393 e. The highest BCUT2D eigenvalue weighted by Crippen LogP contribution is 2.14. The van der Waals surface area contributed by atoms with Crippen molar-refractivity contribution in [1.29, 1.82) is 0 Å². The molecule has 1 aliphatic heterocycles. The van der Waals surface area contributed by atoms with Crippen LogP contribution in [0.4, 0.5) is 0 Å². The third kappa shape index (κ3) is 4.89. The van der Waals surface area contributed by atoms with E-state index in [4.69, 9.17) is 0 Å². The Morgan fingerprint density at radius 3 is 2.80 bits per heavy atom. The second kappa shape index (κ2) is 7.77. The zero-order chi connectivity index (χ0) is 14.4. The summed E-state index contributed by atoms with van der Waals surface area (Å²) in [5, 5.41) is 13.1. The normalized spacial score (nSPS) is 19.1. The largest absolute Gasteiger partial charge is 0.393 e. The lowest BCUT2D eigenvalue weighted by atomic mass is 10.1. The second-order valence-electron chi connectivity index (χ2n) is 6.02. The Balaban J connectivity index is 1.63. The van der Waals surface area contributed by atoms with E-state index in [2.05, 4.69) is 48.3 Å². The number of piperidine rings is 1. The summed E-state index contributed by atoms with van der Waals surface area (Å²) < 4.78 is 0. The van der Waals surface area contributed by atoms with E-state index in [1.165, 1.54) is 17.5 Å². The first-order chi connectivity index (χ1) is 9.65. The molecule has 0 saturated carbocycles. The molecule has 1 fully saturated rings.